The molecule has 2 amide bonds. The van der Waals surface area contributed by atoms with E-state index >= 15 is 0 Å². The van der Waals surface area contributed by atoms with Crippen molar-refractivity contribution < 1.29 is 9.59 Å². The van der Waals surface area contributed by atoms with Crippen LogP contribution in [0.3, 0.4) is 0 Å². The minimum atomic E-state index is -0.793. The number of amides is 2. The fourth-order valence-electron chi connectivity index (χ4n) is 3.67. The van der Waals surface area contributed by atoms with Crippen LogP contribution in [0.25, 0.3) is 5.69 Å². The van der Waals surface area contributed by atoms with Crippen molar-refractivity contribution in [1.29, 1.82) is 0 Å². The van der Waals surface area contributed by atoms with Gasteiger partial charge < -0.3 is 10.2 Å². The molecule has 0 aliphatic heterocycles. The van der Waals surface area contributed by atoms with Crippen LogP contribution in [-0.4, -0.2) is 38.9 Å². The van der Waals surface area contributed by atoms with Gasteiger partial charge in [0.05, 0.1) is 16.8 Å². The molecule has 2 aromatic carbocycles. The number of aryl methyl sites for hydroxylation is 1. The number of hydrogen-bond donors (Lipinski definition) is 1. The molecule has 186 valence electrons. The maximum atomic E-state index is 13.3. The molecule has 3 rings (SSSR count). The van der Waals surface area contributed by atoms with Crippen molar-refractivity contribution >= 4 is 29.2 Å². The number of nitrogens with one attached hydrogen (secondary N) is 1. The molecule has 0 fully saturated rings. The Labute approximate surface area is 213 Å². The topological polar surface area (TPSA) is 67.2 Å². The fourth-order valence-corrected chi connectivity index (χ4v) is 3.78. The Kier molecular flexibility index (Phi) is 8.06. The van der Waals surface area contributed by atoms with E-state index in [9.17, 15) is 9.59 Å². The first-order valence-corrected chi connectivity index (χ1v) is 12.3. The summed E-state index contributed by atoms with van der Waals surface area (Å²) in [7, 11) is 0. The van der Waals surface area contributed by atoms with Crippen molar-refractivity contribution in [2.45, 2.75) is 53.5 Å². The first-order chi connectivity index (χ1) is 16.4. The lowest BCUT2D eigenvalue weighted by Crippen LogP contribution is -2.45. The third-order valence-corrected chi connectivity index (χ3v) is 6.51. The molecule has 0 aliphatic carbocycles. The zero-order valence-electron chi connectivity index (χ0n) is 21.4. The van der Waals surface area contributed by atoms with E-state index in [0.29, 0.717) is 12.4 Å². The standard InChI is InChI=1S/C28H35ClN4O2/c1-20-12-10-11-15-22(20)33-24(16-23(31-33)27(2,3)4)30-25(34)18-32(26(35)28(5,6)19-29)17-21-13-8-7-9-14-21/h7-16H,17-19H2,1-6H3,(H,30,34). The van der Waals surface area contributed by atoms with Crippen molar-refractivity contribution in [1.82, 2.24) is 14.7 Å². The van der Waals surface area contributed by atoms with E-state index in [-0.39, 0.29) is 29.7 Å². The zero-order chi connectivity index (χ0) is 25.8. The Bertz CT molecular complexity index is 1180. The summed E-state index contributed by atoms with van der Waals surface area (Å²) in [4.78, 5) is 28.1. The highest BCUT2D eigenvalue weighted by Crippen LogP contribution is 2.28. The maximum Gasteiger partial charge on any atom is 0.245 e. The fraction of sp³-hybridized carbons (Fsp3) is 0.393. The van der Waals surface area contributed by atoms with Gasteiger partial charge in [0, 0.05) is 23.9 Å². The number of para-hydroxylation sites is 1. The van der Waals surface area contributed by atoms with Crippen LogP contribution in [0.1, 0.15) is 51.4 Å². The predicted octanol–water partition coefficient (Wildman–Crippen LogP) is 5.71. The molecule has 0 unspecified atom stereocenters. The van der Waals surface area contributed by atoms with Crippen LogP contribution in [0.5, 0.6) is 0 Å². The van der Waals surface area contributed by atoms with Crippen LogP contribution in [0.15, 0.2) is 60.7 Å². The van der Waals surface area contributed by atoms with Crippen molar-refractivity contribution in [2.75, 3.05) is 17.7 Å². The van der Waals surface area contributed by atoms with Gasteiger partial charge >= 0.3 is 0 Å². The zero-order valence-corrected chi connectivity index (χ0v) is 22.2. The molecule has 0 radical (unpaired) electrons. The summed E-state index contributed by atoms with van der Waals surface area (Å²) in [6.07, 6.45) is 0. The molecule has 3 aromatic rings. The maximum absolute atomic E-state index is 13.3. The molecular formula is C28H35ClN4O2. The number of anilines is 1. The van der Waals surface area contributed by atoms with E-state index in [1.807, 2.05) is 67.6 Å². The highest BCUT2D eigenvalue weighted by Gasteiger charge is 2.32. The molecule has 1 N–H and O–H groups in total. The molecule has 7 heteroatoms. The van der Waals surface area contributed by atoms with Gasteiger partial charge in [-0.1, -0.05) is 69.3 Å². The van der Waals surface area contributed by atoms with E-state index in [2.05, 4.69) is 26.1 Å². The minimum absolute atomic E-state index is 0.0994. The van der Waals surface area contributed by atoms with Crippen LogP contribution in [0.4, 0.5) is 5.82 Å². The van der Waals surface area contributed by atoms with Gasteiger partial charge in [-0.2, -0.15) is 5.10 Å². The molecule has 1 aromatic heterocycles. The minimum Gasteiger partial charge on any atom is -0.329 e. The van der Waals surface area contributed by atoms with Gasteiger partial charge in [0.2, 0.25) is 11.8 Å². The van der Waals surface area contributed by atoms with Gasteiger partial charge in [0.1, 0.15) is 12.4 Å². The lowest BCUT2D eigenvalue weighted by molar-refractivity contribution is -0.142. The highest BCUT2D eigenvalue weighted by molar-refractivity contribution is 6.19. The van der Waals surface area contributed by atoms with Gasteiger partial charge in [-0.05, 0) is 38.0 Å². The van der Waals surface area contributed by atoms with Crippen molar-refractivity contribution in [2.24, 2.45) is 5.41 Å². The first-order valence-electron chi connectivity index (χ1n) is 11.8. The predicted molar refractivity (Wildman–Crippen MR) is 142 cm³/mol. The number of nitrogens with zero attached hydrogens (tertiary/aromatic N) is 3. The third-order valence-electron chi connectivity index (χ3n) is 5.84. The number of rotatable bonds is 8. The smallest absolute Gasteiger partial charge is 0.245 e. The molecule has 0 aliphatic rings. The van der Waals surface area contributed by atoms with Gasteiger partial charge in [-0.15, -0.1) is 11.6 Å². The highest BCUT2D eigenvalue weighted by atomic mass is 35.5. The lowest BCUT2D eigenvalue weighted by Gasteiger charge is -2.30. The average Bonchev–Trinajstić information content (AvgIpc) is 3.23. The van der Waals surface area contributed by atoms with E-state index in [4.69, 9.17) is 16.7 Å². The Morgan fingerprint density at radius 3 is 2.23 bits per heavy atom. The average molecular weight is 495 g/mol. The molecule has 1 heterocycles. The molecule has 35 heavy (non-hydrogen) atoms. The van der Waals surface area contributed by atoms with E-state index in [0.717, 1.165) is 22.5 Å². The van der Waals surface area contributed by atoms with Crippen LogP contribution < -0.4 is 5.32 Å². The number of hydrogen-bond acceptors (Lipinski definition) is 3. The second kappa shape index (κ2) is 10.6. The van der Waals surface area contributed by atoms with Crippen molar-refractivity contribution in [3.63, 3.8) is 0 Å². The van der Waals surface area contributed by atoms with Crippen molar-refractivity contribution in [3.8, 4) is 5.69 Å². The molecule has 0 saturated carbocycles. The van der Waals surface area contributed by atoms with Crippen LogP contribution in [-0.2, 0) is 21.5 Å². The number of alkyl halides is 1. The Balaban J connectivity index is 1.91. The summed E-state index contributed by atoms with van der Waals surface area (Å²) in [6.45, 7) is 12.1. The summed E-state index contributed by atoms with van der Waals surface area (Å²) >= 11 is 6.09. The summed E-state index contributed by atoms with van der Waals surface area (Å²) in [5, 5.41) is 7.81. The molecule has 0 spiro atoms. The SMILES string of the molecule is Cc1ccccc1-n1nc(C(C)(C)C)cc1NC(=O)CN(Cc1ccccc1)C(=O)C(C)(C)CCl. The summed E-state index contributed by atoms with van der Waals surface area (Å²) in [6, 6.07) is 19.4. The van der Waals surface area contributed by atoms with E-state index in [1.165, 1.54) is 0 Å². The summed E-state index contributed by atoms with van der Waals surface area (Å²) in [5.74, 6) is 0.260. The number of benzene rings is 2. The second-order valence-electron chi connectivity index (χ2n) is 10.6. The molecule has 0 atom stereocenters. The van der Waals surface area contributed by atoms with Crippen LogP contribution >= 0.6 is 11.6 Å². The summed E-state index contributed by atoms with van der Waals surface area (Å²) in [5.41, 5.74) is 2.73. The molecule has 0 bridgehead atoms. The Morgan fingerprint density at radius 1 is 1.00 bits per heavy atom. The Morgan fingerprint density at radius 2 is 1.63 bits per heavy atom. The largest absolute Gasteiger partial charge is 0.329 e. The lowest BCUT2D eigenvalue weighted by atomic mass is 9.92. The third kappa shape index (κ3) is 6.51. The molecular weight excluding hydrogens is 460 g/mol. The van der Waals surface area contributed by atoms with Crippen LogP contribution in [0.2, 0.25) is 0 Å². The van der Waals surface area contributed by atoms with Crippen molar-refractivity contribution in [3.05, 3.63) is 77.5 Å². The molecule has 0 saturated heterocycles. The number of halogens is 1. The summed E-state index contributed by atoms with van der Waals surface area (Å²) < 4.78 is 1.76. The normalized spacial score (nSPS) is 11.9. The van der Waals surface area contributed by atoms with Gasteiger partial charge in [0.15, 0.2) is 0 Å². The van der Waals surface area contributed by atoms with Gasteiger partial charge in [-0.3, -0.25) is 9.59 Å². The Hall–Kier alpha value is -3.12. The van der Waals surface area contributed by atoms with Gasteiger partial charge in [0.25, 0.3) is 0 Å². The quantitative estimate of drug-likeness (QED) is 0.408. The number of aromatic nitrogens is 2. The van der Waals surface area contributed by atoms with E-state index in [1.54, 1.807) is 23.4 Å². The van der Waals surface area contributed by atoms with E-state index < -0.39 is 5.41 Å². The second-order valence-corrected chi connectivity index (χ2v) is 10.8. The number of carbonyl (C=O) groups is 2. The number of carbonyl (C=O) groups excluding carboxylic acids is 2. The monoisotopic (exact) mass is 494 g/mol. The van der Waals surface area contributed by atoms with Crippen LogP contribution in [0, 0.1) is 12.3 Å². The first kappa shape index (κ1) is 26.5. The molecule has 6 nitrogen and oxygen atoms in total. The van der Waals surface area contributed by atoms with Gasteiger partial charge in [-0.25, -0.2) is 4.68 Å².